The number of anilines is 1. The largest absolute Gasteiger partial charge is 0.353 e. The van der Waals surface area contributed by atoms with Gasteiger partial charge in [0.05, 0.1) is 5.52 Å². The Kier molecular flexibility index (Phi) is 4.36. The van der Waals surface area contributed by atoms with Crippen molar-refractivity contribution < 1.29 is 0 Å². The van der Waals surface area contributed by atoms with Crippen LogP contribution in [0.4, 0.5) is 5.95 Å². The molecule has 1 aliphatic heterocycles. The van der Waals surface area contributed by atoms with E-state index in [-0.39, 0.29) is 0 Å². The topological polar surface area (TPSA) is 46.0 Å². The molecule has 1 aliphatic rings. The van der Waals surface area contributed by atoms with E-state index in [9.17, 15) is 0 Å². The third-order valence-electron chi connectivity index (χ3n) is 4.45. The van der Waals surface area contributed by atoms with E-state index in [0.717, 1.165) is 34.8 Å². The van der Waals surface area contributed by atoms with Crippen molar-refractivity contribution in [1.29, 1.82) is 0 Å². The molecule has 1 N–H and O–H groups in total. The van der Waals surface area contributed by atoms with Gasteiger partial charge >= 0.3 is 0 Å². The van der Waals surface area contributed by atoms with E-state index >= 15 is 0 Å². The Hall–Kier alpha value is -2.11. The summed E-state index contributed by atoms with van der Waals surface area (Å²) < 4.78 is 2.05. The predicted octanol–water partition coefficient (Wildman–Crippen LogP) is 3.58. The van der Waals surface area contributed by atoms with E-state index in [4.69, 9.17) is 11.6 Å². The Labute approximate surface area is 146 Å². The molecule has 1 aromatic carbocycles. The van der Waals surface area contributed by atoms with Crippen LogP contribution in [0.25, 0.3) is 16.7 Å². The van der Waals surface area contributed by atoms with Crippen LogP contribution < -0.4 is 5.32 Å². The minimum absolute atomic E-state index is 0.669. The molecule has 6 heteroatoms. The summed E-state index contributed by atoms with van der Waals surface area (Å²) in [5, 5.41) is 5.18. The summed E-state index contributed by atoms with van der Waals surface area (Å²) in [5.41, 5.74) is 1.08. The van der Waals surface area contributed by atoms with Gasteiger partial charge in [0, 0.05) is 35.9 Å². The predicted molar refractivity (Wildman–Crippen MR) is 98.0 cm³/mol. The number of hydrogen-bond donors (Lipinski definition) is 1. The molecular formula is C18H20ClN5. The van der Waals surface area contributed by atoms with E-state index in [1.807, 2.05) is 36.5 Å². The summed E-state index contributed by atoms with van der Waals surface area (Å²) >= 11 is 6.06. The van der Waals surface area contributed by atoms with Gasteiger partial charge in [-0.1, -0.05) is 11.6 Å². The fourth-order valence-corrected chi connectivity index (χ4v) is 3.39. The molecule has 0 spiro atoms. The van der Waals surface area contributed by atoms with E-state index in [1.165, 1.54) is 25.9 Å². The minimum Gasteiger partial charge on any atom is -0.353 e. The zero-order valence-electron chi connectivity index (χ0n) is 13.5. The number of benzene rings is 1. The lowest BCUT2D eigenvalue weighted by Gasteiger charge is -2.14. The number of fused-ring (bicyclic) bond motifs is 1. The highest BCUT2D eigenvalue weighted by Crippen LogP contribution is 2.23. The Balaban J connectivity index is 1.51. The van der Waals surface area contributed by atoms with Gasteiger partial charge in [-0.05, 0) is 56.3 Å². The minimum atomic E-state index is 0.669. The highest BCUT2D eigenvalue weighted by atomic mass is 35.5. The van der Waals surface area contributed by atoms with Crippen LogP contribution in [0.3, 0.4) is 0 Å². The van der Waals surface area contributed by atoms with Gasteiger partial charge in [0.1, 0.15) is 5.82 Å². The lowest BCUT2D eigenvalue weighted by Crippen LogP contribution is -2.26. The summed E-state index contributed by atoms with van der Waals surface area (Å²) in [5.74, 6) is 1.52. The smallest absolute Gasteiger partial charge is 0.224 e. The molecule has 0 unspecified atom stereocenters. The molecule has 0 amide bonds. The van der Waals surface area contributed by atoms with Crippen LogP contribution in [0.1, 0.15) is 12.8 Å². The lowest BCUT2D eigenvalue weighted by molar-refractivity contribution is 0.352. The molecule has 2 aromatic heterocycles. The fourth-order valence-electron chi connectivity index (χ4n) is 3.21. The summed E-state index contributed by atoms with van der Waals surface area (Å²) in [6, 6.07) is 9.84. The second kappa shape index (κ2) is 6.79. The molecule has 1 fully saturated rings. The molecule has 0 aliphatic carbocycles. The summed E-state index contributed by atoms with van der Waals surface area (Å²) in [4.78, 5) is 11.4. The second-order valence-electron chi connectivity index (χ2n) is 6.10. The first-order valence-electron chi connectivity index (χ1n) is 8.36. The van der Waals surface area contributed by atoms with Gasteiger partial charge in [-0.2, -0.15) is 4.98 Å². The van der Waals surface area contributed by atoms with Crippen LogP contribution in [0.15, 0.2) is 42.7 Å². The van der Waals surface area contributed by atoms with Gasteiger partial charge in [0.15, 0.2) is 0 Å². The number of hydrogen-bond acceptors (Lipinski definition) is 4. The number of rotatable bonds is 5. The molecule has 3 aromatic rings. The van der Waals surface area contributed by atoms with E-state index < -0.39 is 0 Å². The molecule has 0 saturated carbocycles. The van der Waals surface area contributed by atoms with Crippen molar-refractivity contribution in [2.75, 3.05) is 31.5 Å². The SMILES string of the molecule is Clc1ccc2c(ccn2-c2ccnc(NCCN3CCCC3)n2)c1. The average Bonchev–Trinajstić information content (AvgIpc) is 3.24. The van der Waals surface area contributed by atoms with Crippen LogP contribution >= 0.6 is 11.6 Å². The summed E-state index contributed by atoms with van der Waals surface area (Å²) in [6.07, 6.45) is 6.44. The molecule has 124 valence electrons. The van der Waals surface area contributed by atoms with Crippen molar-refractivity contribution >= 4 is 28.5 Å². The third kappa shape index (κ3) is 3.23. The maximum atomic E-state index is 6.06. The summed E-state index contributed by atoms with van der Waals surface area (Å²) in [7, 11) is 0. The second-order valence-corrected chi connectivity index (χ2v) is 6.54. The number of nitrogens with zero attached hydrogens (tertiary/aromatic N) is 4. The van der Waals surface area contributed by atoms with Crippen molar-refractivity contribution in [3.05, 3.63) is 47.7 Å². The molecular weight excluding hydrogens is 322 g/mol. The monoisotopic (exact) mass is 341 g/mol. The van der Waals surface area contributed by atoms with Gasteiger partial charge in [-0.3, -0.25) is 0 Å². The first-order chi connectivity index (χ1) is 11.8. The van der Waals surface area contributed by atoms with Crippen molar-refractivity contribution in [3.63, 3.8) is 0 Å². The Morgan fingerprint density at radius 3 is 2.88 bits per heavy atom. The summed E-state index contributed by atoms with van der Waals surface area (Å²) in [6.45, 7) is 4.32. The van der Waals surface area contributed by atoms with Gasteiger partial charge in [-0.15, -0.1) is 0 Å². The van der Waals surface area contributed by atoms with Crippen LogP contribution in [0.2, 0.25) is 5.02 Å². The number of likely N-dealkylation sites (tertiary alicyclic amines) is 1. The van der Waals surface area contributed by atoms with Gasteiger partial charge in [0.2, 0.25) is 5.95 Å². The van der Waals surface area contributed by atoms with E-state index in [2.05, 4.69) is 24.8 Å². The Morgan fingerprint density at radius 2 is 2.00 bits per heavy atom. The molecule has 0 radical (unpaired) electrons. The quantitative estimate of drug-likeness (QED) is 0.770. The molecule has 4 rings (SSSR count). The first-order valence-corrected chi connectivity index (χ1v) is 8.74. The van der Waals surface area contributed by atoms with Crippen LogP contribution in [-0.2, 0) is 0 Å². The number of aromatic nitrogens is 3. The highest BCUT2D eigenvalue weighted by Gasteiger charge is 2.11. The van der Waals surface area contributed by atoms with Crippen LogP contribution in [-0.4, -0.2) is 45.6 Å². The maximum Gasteiger partial charge on any atom is 0.224 e. The zero-order chi connectivity index (χ0) is 16.4. The standard InChI is InChI=1S/C18H20ClN5/c19-15-3-4-16-14(13-15)6-11-24(16)17-5-7-20-18(22-17)21-8-12-23-9-1-2-10-23/h3-7,11,13H,1-2,8-10,12H2,(H,20,21,22). The molecule has 0 atom stereocenters. The molecule has 3 heterocycles. The Bertz CT molecular complexity index is 838. The van der Waals surface area contributed by atoms with Gasteiger partial charge in [0.25, 0.3) is 0 Å². The van der Waals surface area contributed by atoms with Crippen LogP contribution in [0, 0.1) is 0 Å². The van der Waals surface area contributed by atoms with Gasteiger partial charge in [-0.25, -0.2) is 4.98 Å². The molecule has 5 nitrogen and oxygen atoms in total. The van der Waals surface area contributed by atoms with Crippen molar-refractivity contribution in [2.24, 2.45) is 0 Å². The normalized spacial score (nSPS) is 15.2. The van der Waals surface area contributed by atoms with Crippen molar-refractivity contribution in [1.82, 2.24) is 19.4 Å². The lowest BCUT2D eigenvalue weighted by atomic mass is 10.2. The fraction of sp³-hybridized carbons (Fsp3) is 0.333. The molecule has 0 bridgehead atoms. The van der Waals surface area contributed by atoms with Crippen LogP contribution in [0.5, 0.6) is 0 Å². The molecule has 1 saturated heterocycles. The Morgan fingerprint density at radius 1 is 1.12 bits per heavy atom. The third-order valence-corrected chi connectivity index (χ3v) is 4.68. The van der Waals surface area contributed by atoms with E-state index in [1.54, 1.807) is 6.20 Å². The zero-order valence-corrected chi connectivity index (χ0v) is 14.2. The van der Waals surface area contributed by atoms with Crippen molar-refractivity contribution in [2.45, 2.75) is 12.8 Å². The van der Waals surface area contributed by atoms with E-state index in [0.29, 0.717) is 5.95 Å². The maximum absolute atomic E-state index is 6.06. The van der Waals surface area contributed by atoms with Gasteiger partial charge < -0.3 is 14.8 Å². The first kappa shape index (κ1) is 15.4. The average molecular weight is 342 g/mol. The van der Waals surface area contributed by atoms with Crippen molar-refractivity contribution in [3.8, 4) is 5.82 Å². The number of halogens is 1. The highest BCUT2D eigenvalue weighted by molar-refractivity contribution is 6.31. The molecule has 24 heavy (non-hydrogen) atoms. The number of nitrogens with one attached hydrogen (secondary N) is 1.